The third-order valence-electron chi connectivity index (χ3n) is 5.90. The fourth-order valence-corrected chi connectivity index (χ4v) is 4.35. The maximum absolute atomic E-state index is 12.8. The molecule has 0 bridgehead atoms. The molecule has 0 aromatic heterocycles. The first-order valence-corrected chi connectivity index (χ1v) is 13.0. The highest BCUT2D eigenvalue weighted by Crippen LogP contribution is 2.44. The Balaban J connectivity index is 1.71. The maximum Gasteiger partial charge on any atom is 0.414 e. The summed E-state index contributed by atoms with van der Waals surface area (Å²) in [6.07, 6.45) is 2.32. The number of carbonyl (C=O) groups is 3. The molecule has 3 aromatic rings. The van der Waals surface area contributed by atoms with Crippen molar-refractivity contribution in [3.05, 3.63) is 99.6 Å². The van der Waals surface area contributed by atoms with Crippen LogP contribution >= 0.6 is 22.6 Å². The van der Waals surface area contributed by atoms with E-state index >= 15 is 0 Å². The van der Waals surface area contributed by atoms with Gasteiger partial charge in [0.05, 0.1) is 11.4 Å². The van der Waals surface area contributed by atoms with Gasteiger partial charge in [0.1, 0.15) is 11.9 Å². The Bertz CT molecular complexity index is 1320. The average molecular weight is 627 g/mol. The van der Waals surface area contributed by atoms with Gasteiger partial charge >= 0.3 is 6.09 Å². The minimum atomic E-state index is -0.925. The second kappa shape index (κ2) is 13.1. The van der Waals surface area contributed by atoms with Crippen molar-refractivity contribution in [1.29, 1.82) is 0 Å². The molecule has 0 heterocycles. The van der Waals surface area contributed by atoms with E-state index in [1.54, 1.807) is 72.8 Å². The van der Waals surface area contributed by atoms with E-state index in [0.717, 1.165) is 3.57 Å². The molecule has 0 unspecified atom stereocenters. The molecule has 3 aromatic carbocycles. The van der Waals surface area contributed by atoms with Gasteiger partial charge in [0, 0.05) is 20.1 Å². The number of ether oxygens (including phenoxy) is 1. The van der Waals surface area contributed by atoms with Crippen molar-refractivity contribution in [3.63, 3.8) is 0 Å². The Morgan fingerprint density at radius 2 is 1.74 bits per heavy atom. The molecule has 0 aliphatic heterocycles. The molecule has 0 aliphatic carbocycles. The zero-order chi connectivity index (χ0) is 27.7. The fourth-order valence-electron chi connectivity index (χ4n) is 3.83. The van der Waals surface area contributed by atoms with Crippen LogP contribution in [0.25, 0.3) is 0 Å². The van der Waals surface area contributed by atoms with Gasteiger partial charge in [-0.2, -0.15) is 0 Å². The van der Waals surface area contributed by atoms with E-state index in [1.807, 2.05) is 13.8 Å². The third kappa shape index (κ3) is 8.07. The first kappa shape index (κ1) is 28.7. The number of rotatable bonds is 9. The molecule has 0 aliphatic rings. The number of benzene rings is 3. The zero-order valence-electron chi connectivity index (χ0n) is 21.1. The van der Waals surface area contributed by atoms with Crippen molar-refractivity contribution in [3.8, 4) is 5.75 Å². The van der Waals surface area contributed by atoms with E-state index in [0.29, 0.717) is 35.3 Å². The SMILES string of the molecule is CC(C)(CC/C=C/C(=O)Nc1ccccc1N)[C@@H](OC(=O)NC(=O)c1ccccc1)c1cc(I)ccc1O. The van der Waals surface area contributed by atoms with Crippen LogP contribution in [0.15, 0.2) is 84.9 Å². The molecule has 198 valence electrons. The van der Waals surface area contributed by atoms with E-state index < -0.39 is 23.5 Å². The smallest absolute Gasteiger partial charge is 0.414 e. The quantitative estimate of drug-likeness (QED) is 0.127. The van der Waals surface area contributed by atoms with Crippen molar-refractivity contribution in [2.24, 2.45) is 5.41 Å². The molecule has 9 heteroatoms. The highest BCUT2D eigenvalue weighted by atomic mass is 127. The number of phenolic OH excluding ortho intramolecular Hbond substituents is 1. The Labute approximate surface area is 235 Å². The van der Waals surface area contributed by atoms with Gasteiger partial charge in [-0.05, 0) is 84.0 Å². The molecule has 38 heavy (non-hydrogen) atoms. The number of amides is 3. The normalized spacial score (nSPS) is 12.1. The van der Waals surface area contributed by atoms with Gasteiger partial charge in [-0.3, -0.25) is 14.9 Å². The number of imide groups is 1. The van der Waals surface area contributed by atoms with E-state index in [4.69, 9.17) is 10.5 Å². The summed E-state index contributed by atoms with van der Waals surface area (Å²) in [5.41, 5.74) is 6.92. The lowest BCUT2D eigenvalue weighted by Crippen LogP contribution is -2.35. The number of anilines is 2. The number of hydrogen-bond acceptors (Lipinski definition) is 6. The number of nitrogen functional groups attached to an aromatic ring is 1. The molecule has 0 saturated carbocycles. The zero-order valence-corrected chi connectivity index (χ0v) is 23.3. The van der Waals surface area contributed by atoms with Crippen LogP contribution in [-0.4, -0.2) is 23.0 Å². The van der Waals surface area contributed by atoms with Crippen molar-refractivity contribution in [1.82, 2.24) is 5.32 Å². The van der Waals surface area contributed by atoms with Crippen molar-refractivity contribution < 1.29 is 24.2 Å². The lowest BCUT2D eigenvalue weighted by molar-refractivity contribution is -0.111. The van der Waals surface area contributed by atoms with Crippen LogP contribution in [0.4, 0.5) is 16.2 Å². The molecule has 3 amide bonds. The molecule has 1 atom stereocenters. The molecule has 0 fully saturated rings. The maximum atomic E-state index is 12.8. The molecule has 8 nitrogen and oxygen atoms in total. The van der Waals surface area contributed by atoms with Crippen LogP contribution in [0.1, 0.15) is 48.7 Å². The van der Waals surface area contributed by atoms with E-state index in [2.05, 4.69) is 33.2 Å². The number of allylic oxidation sites excluding steroid dienone is 1. The summed E-state index contributed by atoms with van der Waals surface area (Å²) in [7, 11) is 0. The number of halogens is 1. The van der Waals surface area contributed by atoms with Crippen LogP contribution in [0.2, 0.25) is 0 Å². The number of nitrogens with two attached hydrogens (primary N) is 1. The molecular formula is C29H30IN3O5. The van der Waals surface area contributed by atoms with Gasteiger partial charge in [-0.1, -0.05) is 50.3 Å². The summed E-state index contributed by atoms with van der Waals surface area (Å²) < 4.78 is 6.59. The highest BCUT2D eigenvalue weighted by molar-refractivity contribution is 14.1. The second-order valence-electron chi connectivity index (χ2n) is 9.31. The molecule has 0 radical (unpaired) electrons. The Hall–Kier alpha value is -3.86. The van der Waals surface area contributed by atoms with Crippen molar-refractivity contribution >= 4 is 51.9 Å². The lowest BCUT2D eigenvalue weighted by atomic mass is 9.78. The minimum absolute atomic E-state index is 0.0268. The number of alkyl carbamates (subject to hydrolysis) is 1. The molecule has 3 rings (SSSR count). The average Bonchev–Trinajstić information content (AvgIpc) is 2.88. The Morgan fingerprint density at radius 1 is 1.05 bits per heavy atom. The van der Waals surface area contributed by atoms with Crippen LogP contribution in [0.5, 0.6) is 5.75 Å². The Kier molecular flexibility index (Phi) is 9.89. The fraction of sp³-hybridized carbons (Fsp3) is 0.207. The third-order valence-corrected chi connectivity index (χ3v) is 6.57. The first-order chi connectivity index (χ1) is 18.1. The topological polar surface area (TPSA) is 131 Å². The van der Waals surface area contributed by atoms with Crippen molar-refractivity contribution in [2.45, 2.75) is 32.8 Å². The van der Waals surface area contributed by atoms with Crippen molar-refractivity contribution in [2.75, 3.05) is 11.1 Å². The summed E-state index contributed by atoms with van der Waals surface area (Å²) in [6, 6.07) is 20.3. The number of carbonyl (C=O) groups excluding carboxylic acids is 3. The number of aromatic hydroxyl groups is 1. The van der Waals surface area contributed by atoms with Crippen LogP contribution in [0, 0.1) is 8.99 Å². The van der Waals surface area contributed by atoms with Crippen LogP contribution < -0.4 is 16.4 Å². The lowest BCUT2D eigenvalue weighted by Gasteiger charge is -2.34. The highest BCUT2D eigenvalue weighted by Gasteiger charge is 2.36. The first-order valence-electron chi connectivity index (χ1n) is 11.9. The summed E-state index contributed by atoms with van der Waals surface area (Å²) in [5, 5.41) is 15.6. The molecule has 0 spiro atoms. The number of phenols is 1. The number of hydrogen-bond donors (Lipinski definition) is 4. The van der Waals surface area contributed by atoms with E-state index in [-0.39, 0.29) is 11.7 Å². The van der Waals surface area contributed by atoms with Gasteiger partial charge in [-0.25, -0.2) is 4.79 Å². The summed E-state index contributed by atoms with van der Waals surface area (Å²) in [6.45, 7) is 3.78. The number of para-hydroxylation sites is 2. The molecule has 5 N–H and O–H groups in total. The van der Waals surface area contributed by atoms with E-state index in [1.165, 1.54) is 12.1 Å². The Morgan fingerprint density at radius 3 is 2.45 bits per heavy atom. The predicted molar refractivity (Wildman–Crippen MR) is 156 cm³/mol. The van der Waals surface area contributed by atoms with Gasteiger partial charge < -0.3 is 20.9 Å². The van der Waals surface area contributed by atoms with Gasteiger partial charge in [0.2, 0.25) is 5.91 Å². The van der Waals surface area contributed by atoms with Crippen LogP contribution in [0.3, 0.4) is 0 Å². The summed E-state index contributed by atoms with van der Waals surface area (Å²) >= 11 is 2.11. The largest absolute Gasteiger partial charge is 0.508 e. The summed E-state index contributed by atoms with van der Waals surface area (Å²) in [4.78, 5) is 37.5. The van der Waals surface area contributed by atoms with Gasteiger partial charge in [0.15, 0.2) is 0 Å². The predicted octanol–water partition coefficient (Wildman–Crippen LogP) is 6.19. The second-order valence-corrected chi connectivity index (χ2v) is 10.6. The molecule has 0 saturated heterocycles. The van der Waals surface area contributed by atoms with Gasteiger partial charge in [0.25, 0.3) is 5.91 Å². The number of nitrogens with one attached hydrogen (secondary N) is 2. The van der Waals surface area contributed by atoms with Crippen LogP contribution in [-0.2, 0) is 9.53 Å². The van der Waals surface area contributed by atoms with Gasteiger partial charge in [-0.15, -0.1) is 0 Å². The molecular weight excluding hydrogens is 597 g/mol. The monoisotopic (exact) mass is 627 g/mol. The van der Waals surface area contributed by atoms with E-state index in [9.17, 15) is 19.5 Å². The summed E-state index contributed by atoms with van der Waals surface area (Å²) in [5.74, 6) is -0.935. The standard InChI is InChI=1S/C29H30IN3O5/c1-29(2,17-9-8-14-25(35)32-23-13-7-6-12-22(23)31)26(21-18-20(30)15-16-24(21)34)38-28(37)33-27(36)19-10-4-3-5-11-19/h3-8,10-16,18,26,34H,9,17,31H2,1-2H3,(H,32,35)(H,33,36,37)/b14-8+/t26-/m0/s1. The minimum Gasteiger partial charge on any atom is -0.508 e.